The highest BCUT2D eigenvalue weighted by atomic mass is 32.1. The number of hydrogen-bond donors (Lipinski definition) is 1. The Kier molecular flexibility index (Phi) is 8.49. The van der Waals surface area contributed by atoms with Crippen LogP contribution in [-0.2, 0) is 6.42 Å². The van der Waals surface area contributed by atoms with Crippen molar-refractivity contribution in [3.8, 4) is 0 Å². The highest BCUT2D eigenvalue weighted by Crippen LogP contribution is 2.25. The summed E-state index contributed by atoms with van der Waals surface area (Å²) in [4.78, 5) is 26.7. The molecule has 1 aliphatic rings. The van der Waals surface area contributed by atoms with Crippen LogP contribution in [0.5, 0.6) is 0 Å². The Hall–Kier alpha value is -2.15. The molecule has 1 amide bonds. The quantitative estimate of drug-likeness (QED) is 0.516. The fourth-order valence-corrected chi connectivity index (χ4v) is 4.84. The first-order valence-electron chi connectivity index (χ1n) is 11.0. The summed E-state index contributed by atoms with van der Waals surface area (Å²) in [6.45, 7) is 3.66. The van der Waals surface area contributed by atoms with E-state index in [9.17, 15) is 9.18 Å². The molecule has 0 spiro atoms. The van der Waals surface area contributed by atoms with Gasteiger partial charge in [0.2, 0.25) is 0 Å². The van der Waals surface area contributed by atoms with Gasteiger partial charge >= 0.3 is 0 Å². The maximum Gasteiger partial charge on any atom is 0.280 e. The summed E-state index contributed by atoms with van der Waals surface area (Å²) >= 11 is 1.32. The monoisotopic (exact) mass is 430 g/mol. The molecule has 0 unspecified atom stereocenters. The van der Waals surface area contributed by atoms with E-state index in [1.807, 2.05) is 6.92 Å². The zero-order valence-electron chi connectivity index (χ0n) is 17.9. The zero-order chi connectivity index (χ0) is 21.3. The van der Waals surface area contributed by atoms with Gasteiger partial charge in [-0.15, -0.1) is 0 Å². The molecule has 2 aromatic heterocycles. The maximum atomic E-state index is 12.9. The summed E-state index contributed by atoms with van der Waals surface area (Å²) in [7, 11) is 0. The number of halogens is 1. The van der Waals surface area contributed by atoms with Crippen molar-refractivity contribution in [3.63, 3.8) is 0 Å². The van der Waals surface area contributed by atoms with Crippen LogP contribution in [-0.4, -0.2) is 33.6 Å². The van der Waals surface area contributed by atoms with Gasteiger partial charge in [0, 0.05) is 6.04 Å². The van der Waals surface area contributed by atoms with Gasteiger partial charge in [-0.2, -0.15) is 0 Å². The minimum atomic E-state index is -0.451. The van der Waals surface area contributed by atoms with Crippen molar-refractivity contribution >= 4 is 27.6 Å². The highest BCUT2D eigenvalue weighted by molar-refractivity contribution is 7.19. The van der Waals surface area contributed by atoms with Gasteiger partial charge in [-0.05, 0) is 51.0 Å². The highest BCUT2D eigenvalue weighted by Gasteiger charge is 2.20. The van der Waals surface area contributed by atoms with Crippen LogP contribution in [0.15, 0.2) is 29.6 Å². The molecule has 3 rings (SSSR count). The van der Waals surface area contributed by atoms with Gasteiger partial charge in [-0.1, -0.05) is 55.2 Å². The van der Waals surface area contributed by atoms with E-state index in [4.69, 9.17) is 0 Å². The zero-order valence-corrected chi connectivity index (χ0v) is 18.7. The molecule has 1 aliphatic carbocycles. The van der Waals surface area contributed by atoms with E-state index >= 15 is 0 Å². The number of thiazole rings is 1. The number of carbonyl (C=O) groups excluding carboxylic acids is 1. The molecule has 7 heteroatoms. The number of hydrogen-bond acceptors (Lipinski definition) is 5. The molecule has 0 bridgehead atoms. The van der Waals surface area contributed by atoms with E-state index in [2.05, 4.69) is 33.3 Å². The van der Waals surface area contributed by atoms with Crippen molar-refractivity contribution in [2.24, 2.45) is 0 Å². The Morgan fingerprint density at radius 3 is 2.80 bits per heavy atom. The fraction of sp³-hybridized carbons (Fsp3) is 0.565. The second-order valence-electron chi connectivity index (χ2n) is 7.83. The van der Waals surface area contributed by atoms with Gasteiger partial charge in [0.25, 0.3) is 5.91 Å². The molecule has 0 atom stereocenters. The molecule has 2 aromatic rings. The van der Waals surface area contributed by atoms with E-state index in [0.717, 1.165) is 60.2 Å². The van der Waals surface area contributed by atoms with Crippen molar-refractivity contribution in [2.45, 2.75) is 77.7 Å². The third kappa shape index (κ3) is 5.94. The van der Waals surface area contributed by atoms with Crippen molar-refractivity contribution in [1.29, 1.82) is 0 Å². The lowest BCUT2D eigenvalue weighted by Gasteiger charge is -2.22. The number of fused-ring (bicyclic) bond motifs is 1. The van der Waals surface area contributed by atoms with Crippen LogP contribution in [0.2, 0.25) is 0 Å². The molecule has 2 heterocycles. The molecular formula is C23H31FN4OS. The molecule has 0 radical (unpaired) electrons. The second kappa shape index (κ2) is 11.3. The number of carbonyl (C=O) groups is 1. The molecule has 0 aliphatic heterocycles. The number of aryl methyl sites for hydroxylation is 1. The number of rotatable bonds is 9. The van der Waals surface area contributed by atoms with E-state index in [1.165, 1.54) is 30.6 Å². The smallest absolute Gasteiger partial charge is 0.280 e. The van der Waals surface area contributed by atoms with E-state index in [1.54, 1.807) is 12.4 Å². The summed E-state index contributed by atoms with van der Waals surface area (Å²) in [5.41, 5.74) is 3.76. The largest absolute Gasteiger partial charge is 0.347 e. The Bertz CT molecular complexity index is 915. The van der Waals surface area contributed by atoms with E-state index in [0.29, 0.717) is 10.5 Å². The number of alkyl halides is 1. The van der Waals surface area contributed by atoms with E-state index in [-0.39, 0.29) is 11.9 Å². The summed E-state index contributed by atoms with van der Waals surface area (Å²) in [5.74, 6) is -0.107. The van der Waals surface area contributed by atoms with Gasteiger partial charge in [-0.3, -0.25) is 4.79 Å². The predicted molar refractivity (Wildman–Crippen MR) is 121 cm³/mol. The Morgan fingerprint density at radius 2 is 2.07 bits per heavy atom. The van der Waals surface area contributed by atoms with Crippen LogP contribution in [0.3, 0.4) is 0 Å². The molecule has 0 saturated heterocycles. The van der Waals surface area contributed by atoms with Crippen LogP contribution >= 0.6 is 11.3 Å². The molecule has 1 N–H and O–H groups in total. The second-order valence-corrected chi connectivity index (χ2v) is 8.81. The SMILES string of the molecule is CC/C=C(C)\C(=C/CF)CCCc1ncnc2sc(C(=O)NC3CCCCC3)nc12. The summed E-state index contributed by atoms with van der Waals surface area (Å²) < 4.78 is 12.9. The first-order valence-corrected chi connectivity index (χ1v) is 11.8. The van der Waals surface area contributed by atoms with Gasteiger partial charge in [-0.25, -0.2) is 19.3 Å². The molecule has 30 heavy (non-hydrogen) atoms. The van der Waals surface area contributed by atoms with Crippen LogP contribution < -0.4 is 5.32 Å². The molecule has 0 aromatic carbocycles. The van der Waals surface area contributed by atoms with Crippen molar-refractivity contribution in [2.75, 3.05) is 6.67 Å². The van der Waals surface area contributed by atoms with Crippen molar-refractivity contribution in [1.82, 2.24) is 20.3 Å². The number of aromatic nitrogens is 3. The minimum absolute atomic E-state index is 0.107. The summed E-state index contributed by atoms with van der Waals surface area (Å²) in [6.07, 6.45) is 14.3. The first-order chi connectivity index (χ1) is 14.6. The predicted octanol–water partition coefficient (Wildman–Crippen LogP) is 5.72. The maximum absolute atomic E-state index is 12.9. The fourth-order valence-electron chi connectivity index (χ4n) is 4.01. The first kappa shape index (κ1) is 22.5. The third-order valence-electron chi connectivity index (χ3n) is 5.61. The lowest BCUT2D eigenvalue weighted by atomic mass is 9.95. The lowest BCUT2D eigenvalue weighted by Crippen LogP contribution is -2.36. The lowest BCUT2D eigenvalue weighted by molar-refractivity contribution is 0.0927. The number of amides is 1. The van der Waals surface area contributed by atoms with E-state index < -0.39 is 6.67 Å². The number of allylic oxidation sites excluding steroid dienone is 4. The van der Waals surface area contributed by atoms with Crippen LogP contribution in [0, 0.1) is 0 Å². The Morgan fingerprint density at radius 1 is 1.27 bits per heavy atom. The summed E-state index contributed by atoms with van der Waals surface area (Å²) in [5, 5.41) is 3.58. The van der Waals surface area contributed by atoms with Gasteiger partial charge in [0.15, 0.2) is 5.01 Å². The van der Waals surface area contributed by atoms with Gasteiger partial charge in [0.1, 0.15) is 23.3 Å². The average Bonchev–Trinajstić information content (AvgIpc) is 3.19. The van der Waals surface area contributed by atoms with Gasteiger partial charge < -0.3 is 5.32 Å². The molecule has 1 fully saturated rings. The van der Waals surface area contributed by atoms with Crippen LogP contribution in [0.4, 0.5) is 4.39 Å². The molecule has 5 nitrogen and oxygen atoms in total. The van der Waals surface area contributed by atoms with Gasteiger partial charge in [0.05, 0.1) is 5.69 Å². The molecule has 1 saturated carbocycles. The van der Waals surface area contributed by atoms with Crippen molar-refractivity contribution in [3.05, 3.63) is 40.3 Å². The number of nitrogens with zero attached hydrogens (tertiary/aromatic N) is 3. The Balaban J connectivity index is 1.67. The molecular weight excluding hydrogens is 399 g/mol. The average molecular weight is 431 g/mol. The minimum Gasteiger partial charge on any atom is -0.347 e. The van der Waals surface area contributed by atoms with Crippen LogP contribution in [0.1, 0.15) is 80.7 Å². The standard InChI is InChI=1S/C23H31FN4OS/c1-3-8-16(2)17(13-14-24)9-7-12-19-20-22(26-15-25-19)30-23(28-20)21(29)27-18-10-5-4-6-11-18/h8,13,15,18H,3-7,9-12,14H2,1-2H3,(H,27,29)/b16-8-,17-13-. The topological polar surface area (TPSA) is 67.8 Å². The third-order valence-corrected chi connectivity index (χ3v) is 6.57. The normalized spacial score (nSPS) is 16.2. The molecule has 162 valence electrons. The Labute approximate surface area is 181 Å². The van der Waals surface area contributed by atoms with Crippen LogP contribution in [0.25, 0.3) is 10.3 Å². The van der Waals surface area contributed by atoms with Crippen molar-refractivity contribution < 1.29 is 9.18 Å². The number of nitrogens with one attached hydrogen (secondary N) is 1. The summed E-state index contributed by atoms with van der Waals surface area (Å²) in [6, 6.07) is 0.254.